The molecule has 0 radical (unpaired) electrons. The van der Waals surface area contributed by atoms with E-state index in [9.17, 15) is 41.9 Å². The third kappa shape index (κ3) is 15.8. The Kier molecular flexibility index (Phi) is 16.8. The summed E-state index contributed by atoms with van der Waals surface area (Å²) in [6.45, 7) is -2.82. The molecule has 0 aliphatic rings. The van der Waals surface area contributed by atoms with Gasteiger partial charge in [-0.3, -0.25) is 19.2 Å². The van der Waals surface area contributed by atoms with Crippen LogP contribution < -0.4 is 21.3 Å². The lowest BCUT2D eigenvalue weighted by Crippen LogP contribution is -2.45. The van der Waals surface area contributed by atoms with Crippen molar-refractivity contribution in [2.24, 2.45) is 5.92 Å². The van der Waals surface area contributed by atoms with Gasteiger partial charge < -0.3 is 35.5 Å². The lowest BCUT2D eigenvalue weighted by Gasteiger charge is -2.20. The number of Topliss-reactive ketones (excluding diaryl/α,β-unsaturated/α-hetero) is 1. The summed E-state index contributed by atoms with van der Waals surface area (Å²) in [5, 5.41) is 9.13. The fourth-order valence-corrected chi connectivity index (χ4v) is 4.51. The summed E-state index contributed by atoms with van der Waals surface area (Å²) in [5.74, 6) is -5.02. The van der Waals surface area contributed by atoms with Gasteiger partial charge in [-0.25, -0.2) is 9.59 Å². The van der Waals surface area contributed by atoms with Gasteiger partial charge in [0.05, 0.1) is 13.1 Å². The van der Waals surface area contributed by atoms with Crippen LogP contribution in [0.15, 0.2) is 91.0 Å². The molecule has 13 nitrogen and oxygen atoms in total. The lowest BCUT2D eigenvalue weighted by atomic mass is 9.93. The highest BCUT2D eigenvalue weighted by Crippen LogP contribution is 2.24. The van der Waals surface area contributed by atoms with E-state index in [4.69, 9.17) is 9.47 Å². The largest absolute Gasteiger partial charge is 0.459 e. The summed E-state index contributed by atoms with van der Waals surface area (Å²) in [7, 11) is 0. The second-order valence-electron chi connectivity index (χ2n) is 11.3. The first kappa shape index (κ1) is 40.7. The summed E-state index contributed by atoms with van der Waals surface area (Å²) in [4.78, 5) is 74.0. The molecule has 0 heterocycles. The molecule has 0 bridgehead atoms. The number of ketones is 1. The van der Waals surface area contributed by atoms with Crippen LogP contribution in [0.4, 0.5) is 18.0 Å². The minimum atomic E-state index is -5.12. The third-order valence-corrected chi connectivity index (χ3v) is 7.23. The number of alkyl halides is 3. The van der Waals surface area contributed by atoms with Crippen LogP contribution in [0.5, 0.6) is 0 Å². The maximum atomic E-state index is 13.4. The molecule has 278 valence electrons. The van der Waals surface area contributed by atoms with Crippen molar-refractivity contribution >= 4 is 35.6 Å². The molecule has 0 spiro atoms. The number of rotatable bonds is 20. The lowest BCUT2D eigenvalue weighted by molar-refractivity contribution is -0.232. The smallest absolute Gasteiger partial charge is 0.425 e. The van der Waals surface area contributed by atoms with Crippen LogP contribution in [0, 0.1) is 5.92 Å². The van der Waals surface area contributed by atoms with Crippen molar-refractivity contribution in [1.82, 2.24) is 21.3 Å². The molecule has 0 aromatic heterocycles. The number of nitrogens with one attached hydrogen (secondary N) is 4. The van der Waals surface area contributed by atoms with Crippen LogP contribution in [0.2, 0.25) is 0 Å². The van der Waals surface area contributed by atoms with Crippen LogP contribution in [0.3, 0.4) is 0 Å². The number of halogens is 3. The first-order valence-corrected chi connectivity index (χ1v) is 16.1. The van der Waals surface area contributed by atoms with Crippen molar-refractivity contribution in [2.75, 3.05) is 26.4 Å². The number of alkyl carbamates (subject to hydrolysis) is 1. The van der Waals surface area contributed by atoms with Crippen molar-refractivity contribution in [3.63, 3.8) is 0 Å². The van der Waals surface area contributed by atoms with Crippen molar-refractivity contribution < 1.29 is 56.1 Å². The van der Waals surface area contributed by atoms with E-state index in [0.717, 1.165) is 11.1 Å². The van der Waals surface area contributed by atoms with Crippen LogP contribution in [-0.4, -0.2) is 74.2 Å². The van der Waals surface area contributed by atoms with Gasteiger partial charge >= 0.3 is 18.2 Å². The van der Waals surface area contributed by atoms with Crippen molar-refractivity contribution in [3.05, 3.63) is 108 Å². The zero-order valence-electron chi connectivity index (χ0n) is 28.0. The van der Waals surface area contributed by atoms with E-state index < -0.39 is 80.2 Å². The van der Waals surface area contributed by atoms with Gasteiger partial charge in [-0.2, -0.15) is 13.2 Å². The number of hydrogen-bond acceptors (Lipinski definition) is 9. The zero-order chi connectivity index (χ0) is 37.8. The highest BCUT2D eigenvalue weighted by molar-refractivity contribution is 5.89. The molecule has 3 aromatic carbocycles. The number of hydrogen-bond donors (Lipinski definition) is 4. The summed E-state index contributed by atoms with van der Waals surface area (Å²) < 4.78 is 54.6. The number of carbonyl (C=O) groups is 6. The molecule has 3 aromatic rings. The summed E-state index contributed by atoms with van der Waals surface area (Å²) in [6, 6.07) is 25.8. The van der Waals surface area contributed by atoms with Gasteiger partial charge in [0.2, 0.25) is 17.7 Å². The SMILES string of the molecule is O=C(CC[C@@H](Cc1ccccc1)C(=O)NCC(=O)NCOC(C(=O)OCc1ccccc1)C(F)(F)F)CNC(=O)CNC(=O)OCc1ccccc1. The van der Waals surface area contributed by atoms with Crippen molar-refractivity contribution in [1.29, 1.82) is 0 Å². The van der Waals surface area contributed by atoms with Gasteiger partial charge in [-0.15, -0.1) is 0 Å². The Bertz CT molecular complexity index is 1610. The van der Waals surface area contributed by atoms with E-state index >= 15 is 0 Å². The molecule has 4 N–H and O–H groups in total. The second-order valence-corrected chi connectivity index (χ2v) is 11.3. The highest BCUT2D eigenvalue weighted by Gasteiger charge is 2.47. The zero-order valence-corrected chi connectivity index (χ0v) is 28.0. The predicted octanol–water partition coefficient (Wildman–Crippen LogP) is 3.12. The van der Waals surface area contributed by atoms with Crippen LogP contribution in [0.1, 0.15) is 29.5 Å². The fraction of sp³-hybridized carbons (Fsp3) is 0.333. The minimum absolute atomic E-state index is 0.0138. The topological polar surface area (TPSA) is 178 Å². The summed E-state index contributed by atoms with van der Waals surface area (Å²) in [5.41, 5.74) is 1.99. The maximum absolute atomic E-state index is 13.4. The molecule has 4 amide bonds. The predicted molar refractivity (Wildman–Crippen MR) is 179 cm³/mol. The number of esters is 1. The molecule has 0 saturated carbocycles. The molecule has 0 aliphatic heterocycles. The van der Waals surface area contributed by atoms with E-state index in [2.05, 4.69) is 26.0 Å². The van der Waals surface area contributed by atoms with Crippen LogP contribution >= 0.6 is 0 Å². The average molecular weight is 729 g/mol. The van der Waals surface area contributed by atoms with Gasteiger partial charge in [0.15, 0.2) is 5.78 Å². The van der Waals surface area contributed by atoms with Gasteiger partial charge in [0.25, 0.3) is 6.10 Å². The number of benzene rings is 3. The molecular weight excluding hydrogens is 689 g/mol. The number of carbonyl (C=O) groups excluding carboxylic acids is 6. The fourth-order valence-electron chi connectivity index (χ4n) is 4.51. The highest BCUT2D eigenvalue weighted by atomic mass is 19.4. The number of amides is 4. The Morgan fingerprint density at radius 1 is 0.615 bits per heavy atom. The van der Waals surface area contributed by atoms with Crippen LogP contribution in [0.25, 0.3) is 0 Å². The van der Waals surface area contributed by atoms with Gasteiger partial charge in [-0.05, 0) is 29.5 Å². The van der Waals surface area contributed by atoms with Gasteiger partial charge in [0.1, 0.15) is 26.5 Å². The standard InChI is InChI=1S/C36H39F3N4O9/c37-36(38,39)32(34(48)50-22-26-12-6-2-7-13-26)52-24-43-31(46)20-41-33(47)28(18-25-10-4-1-5-11-25)16-17-29(44)19-40-30(45)21-42-35(49)51-23-27-14-8-3-9-15-27/h1-15,28,32H,16-24H2,(H,40,45)(H,41,47)(H,42,49)(H,43,46)/t28-,32?/m0/s1. The summed E-state index contributed by atoms with van der Waals surface area (Å²) >= 11 is 0. The van der Waals surface area contributed by atoms with Crippen LogP contribution in [-0.2, 0) is 57.8 Å². The van der Waals surface area contributed by atoms with Crippen molar-refractivity contribution in [3.8, 4) is 0 Å². The first-order chi connectivity index (χ1) is 24.9. The molecule has 0 saturated heterocycles. The minimum Gasteiger partial charge on any atom is -0.459 e. The average Bonchev–Trinajstić information content (AvgIpc) is 3.14. The molecule has 0 fully saturated rings. The summed E-state index contributed by atoms with van der Waals surface area (Å²) in [6.07, 6.45) is -8.76. The van der Waals surface area contributed by atoms with Gasteiger partial charge in [-0.1, -0.05) is 91.0 Å². The maximum Gasteiger partial charge on any atom is 0.425 e. The normalized spacial score (nSPS) is 12.1. The Morgan fingerprint density at radius 3 is 1.71 bits per heavy atom. The molecule has 3 rings (SSSR count). The monoisotopic (exact) mass is 728 g/mol. The van der Waals surface area contributed by atoms with E-state index in [1.807, 2.05) is 6.07 Å². The van der Waals surface area contributed by atoms with Gasteiger partial charge in [0, 0.05) is 12.3 Å². The molecular formula is C36H39F3N4O9. The first-order valence-electron chi connectivity index (χ1n) is 16.1. The molecule has 2 atom stereocenters. The molecule has 52 heavy (non-hydrogen) atoms. The molecule has 0 aliphatic carbocycles. The van der Waals surface area contributed by atoms with E-state index in [1.54, 1.807) is 84.9 Å². The molecule has 1 unspecified atom stereocenters. The quantitative estimate of drug-likeness (QED) is 0.101. The molecule has 16 heteroatoms. The second kappa shape index (κ2) is 21.4. The van der Waals surface area contributed by atoms with Crippen molar-refractivity contribution in [2.45, 2.75) is 44.8 Å². The van der Waals surface area contributed by atoms with E-state index in [-0.39, 0.29) is 32.4 Å². The Labute approximate surface area is 297 Å². The number of ether oxygens (including phenoxy) is 3. The Balaban J connectivity index is 1.41. The van der Waals surface area contributed by atoms with E-state index in [1.165, 1.54) is 0 Å². The Hall–Kier alpha value is -5.77. The Morgan fingerprint density at radius 2 is 1.13 bits per heavy atom. The van der Waals surface area contributed by atoms with E-state index in [0.29, 0.717) is 5.56 Å². The third-order valence-electron chi connectivity index (χ3n) is 7.23.